The fourth-order valence-electron chi connectivity index (χ4n) is 2.71. The summed E-state index contributed by atoms with van der Waals surface area (Å²) in [4.78, 5) is 18.5. The third-order valence-electron chi connectivity index (χ3n) is 4.02. The van der Waals surface area contributed by atoms with Crippen LogP contribution < -0.4 is 10.6 Å². The minimum atomic E-state index is 0. The Labute approximate surface area is 159 Å². The molecule has 2 N–H and O–H groups in total. The Morgan fingerprint density at radius 1 is 1.22 bits per heavy atom. The maximum atomic E-state index is 12.0. The Kier molecular flexibility index (Phi) is 13.5. The Balaban J connectivity index is 0.00000484. The standard InChI is InChI=1S/C17H34N4O.HI/c1-4-6-7-10-15(3)20-17(18-5-2)19-12-11-16(22)21-13-8-9-14-21;/h15H,4-14H2,1-3H3,(H2,18,19,20);1H. The van der Waals surface area contributed by atoms with Crippen molar-refractivity contribution in [3.05, 3.63) is 0 Å². The average molecular weight is 438 g/mol. The molecule has 5 nitrogen and oxygen atoms in total. The van der Waals surface area contributed by atoms with Crippen LogP contribution in [0.4, 0.5) is 0 Å². The van der Waals surface area contributed by atoms with Gasteiger partial charge in [-0.1, -0.05) is 26.2 Å². The molecule has 1 aliphatic rings. The van der Waals surface area contributed by atoms with Crippen LogP contribution in [0.3, 0.4) is 0 Å². The third-order valence-corrected chi connectivity index (χ3v) is 4.02. The van der Waals surface area contributed by atoms with Crippen LogP contribution in [0, 0.1) is 0 Å². The zero-order chi connectivity index (χ0) is 16.2. The summed E-state index contributed by atoms with van der Waals surface area (Å²) in [6, 6.07) is 0.415. The van der Waals surface area contributed by atoms with Gasteiger partial charge >= 0.3 is 0 Å². The zero-order valence-corrected chi connectivity index (χ0v) is 17.4. The van der Waals surface area contributed by atoms with Crippen molar-refractivity contribution >= 4 is 35.8 Å². The van der Waals surface area contributed by atoms with Crippen molar-refractivity contribution in [3.63, 3.8) is 0 Å². The van der Waals surface area contributed by atoms with E-state index in [1.165, 1.54) is 19.3 Å². The maximum Gasteiger partial charge on any atom is 0.224 e. The monoisotopic (exact) mass is 438 g/mol. The predicted molar refractivity (Wildman–Crippen MR) is 109 cm³/mol. The molecule has 0 aromatic carbocycles. The number of amides is 1. The molecule has 6 heteroatoms. The second-order valence-electron chi connectivity index (χ2n) is 6.14. The van der Waals surface area contributed by atoms with Gasteiger partial charge in [0.15, 0.2) is 5.96 Å². The number of hydrogen-bond donors (Lipinski definition) is 2. The number of likely N-dealkylation sites (tertiary alicyclic amines) is 1. The summed E-state index contributed by atoms with van der Waals surface area (Å²) in [5.41, 5.74) is 0. The Morgan fingerprint density at radius 3 is 2.52 bits per heavy atom. The first kappa shape index (κ1) is 22.5. The third kappa shape index (κ3) is 10.0. The first-order chi connectivity index (χ1) is 10.7. The lowest BCUT2D eigenvalue weighted by Gasteiger charge is -2.18. The molecule has 0 saturated carbocycles. The number of unbranched alkanes of at least 4 members (excludes halogenated alkanes) is 2. The second-order valence-corrected chi connectivity index (χ2v) is 6.14. The van der Waals surface area contributed by atoms with Crippen LogP contribution in [0.15, 0.2) is 4.99 Å². The number of guanidine groups is 1. The van der Waals surface area contributed by atoms with Crippen LogP contribution in [0.25, 0.3) is 0 Å². The fourth-order valence-corrected chi connectivity index (χ4v) is 2.71. The van der Waals surface area contributed by atoms with E-state index in [0.29, 0.717) is 19.0 Å². The van der Waals surface area contributed by atoms with E-state index < -0.39 is 0 Å². The van der Waals surface area contributed by atoms with E-state index in [1.807, 2.05) is 4.90 Å². The minimum Gasteiger partial charge on any atom is -0.357 e. The lowest BCUT2D eigenvalue weighted by atomic mass is 10.1. The van der Waals surface area contributed by atoms with Gasteiger partial charge in [-0.05, 0) is 33.1 Å². The normalized spacial score (nSPS) is 16.0. The topological polar surface area (TPSA) is 56.7 Å². The average Bonchev–Trinajstić information content (AvgIpc) is 3.02. The van der Waals surface area contributed by atoms with E-state index in [0.717, 1.165) is 44.9 Å². The van der Waals surface area contributed by atoms with Gasteiger partial charge in [0.25, 0.3) is 0 Å². The minimum absolute atomic E-state index is 0. The van der Waals surface area contributed by atoms with E-state index in [1.54, 1.807) is 0 Å². The largest absolute Gasteiger partial charge is 0.357 e. The smallest absolute Gasteiger partial charge is 0.224 e. The van der Waals surface area contributed by atoms with Crippen molar-refractivity contribution < 1.29 is 4.79 Å². The maximum absolute atomic E-state index is 12.0. The van der Waals surface area contributed by atoms with Gasteiger partial charge in [-0.15, -0.1) is 24.0 Å². The zero-order valence-electron chi connectivity index (χ0n) is 15.1. The van der Waals surface area contributed by atoms with Crippen LogP contribution in [-0.2, 0) is 4.79 Å². The molecule has 1 atom stereocenters. The molecule has 0 spiro atoms. The fraction of sp³-hybridized carbons (Fsp3) is 0.882. The molecule has 23 heavy (non-hydrogen) atoms. The van der Waals surface area contributed by atoms with Gasteiger partial charge in [-0.25, -0.2) is 0 Å². The first-order valence-corrected chi connectivity index (χ1v) is 9.00. The molecule has 1 unspecified atom stereocenters. The number of hydrogen-bond acceptors (Lipinski definition) is 2. The lowest BCUT2D eigenvalue weighted by molar-refractivity contribution is -0.129. The van der Waals surface area contributed by atoms with Crippen molar-refractivity contribution in [1.82, 2.24) is 15.5 Å². The molecule has 136 valence electrons. The highest BCUT2D eigenvalue weighted by molar-refractivity contribution is 14.0. The summed E-state index contributed by atoms with van der Waals surface area (Å²) >= 11 is 0. The van der Waals surface area contributed by atoms with Crippen LogP contribution in [-0.4, -0.2) is 49.0 Å². The number of halogens is 1. The van der Waals surface area contributed by atoms with Gasteiger partial charge in [-0.3, -0.25) is 9.79 Å². The van der Waals surface area contributed by atoms with Gasteiger partial charge in [0, 0.05) is 32.1 Å². The first-order valence-electron chi connectivity index (χ1n) is 9.00. The van der Waals surface area contributed by atoms with Crippen LogP contribution in [0.2, 0.25) is 0 Å². The SMILES string of the molecule is CCCCCC(C)NC(=NCCC(=O)N1CCCC1)NCC.I. The highest BCUT2D eigenvalue weighted by Crippen LogP contribution is 2.08. The molecule has 0 aliphatic carbocycles. The number of nitrogens with one attached hydrogen (secondary N) is 2. The van der Waals surface area contributed by atoms with Crippen molar-refractivity contribution in [2.75, 3.05) is 26.2 Å². The molecule has 0 aromatic rings. The lowest BCUT2D eigenvalue weighted by Crippen LogP contribution is -2.42. The number of nitrogens with zero attached hydrogens (tertiary/aromatic N) is 2. The van der Waals surface area contributed by atoms with E-state index >= 15 is 0 Å². The van der Waals surface area contributed by atoms with Crippen LogP contribution in [0.5, 0.6) is 0 Å². The highest BCUT2D eigenvalue weighted by atomic mass is 127. The molecule has 1 amide bonds. The molecule has 1 fully saturated rings. The highest BCUT2D eigenvalue weighted by Gasteiger charge is 2.17. The predicted octanol–water partition coefficient (Wildman–Crippen LogP) is 3.14. The number of aliphatic imine (C=N–C) groups is 1. The molecule has 1 heterocycles. The number of rotatable bonds is 9. The molecule has 0 radical (unpaired) electrons. The molecular weight excluding hydrogens is 403 g/mol. The summed E-state index contributed by atoms with van der Waals surface area (Å²) in [5.74, 6) is 1.08. The van der Waals surface area contributed by atoms with Crippen molar-refractivity contribution in [2.24, 2.45) is 4.99 Å². The number of carbonyl (C=O) groups excluding carboxylic acids is 1. The van der Waals surface area contributed by atoms with Gasteiger partial charge in [0.2, 0.25) is 5.91 Å². The molecule has 0 bridgehead atoms. The van der Waals surface area contributed by atoms with Crippen LogP contribution in [0.1, 0.15) is 65.7 Å². The Morgan fingerprint density at radius 2 is 1.91 bits per heavy atom. The van der Waals surface area contributed by atoms with Crippen molar-refractivity contribution in [3.8, 4) is 0 Å². The number of carbonyl (C=O) groups is 1. The van der Waals surface area contributed by atoms with E-state index in [9.17, 15) is 4.79 Å². The molecule has 1 rings (SSSR count). The van der Waals surface area contributed by atoms with Crippen LogP contribution >= 0.6 is 24.0 Å². The summed E-state index contributed by atoms with van der Waals surface area (Å²) < 4.78 is 0. The van der Waals surface area contributed by atoms with Gasteiger partial charge in [0.05, 0.1) is 6.54 Å². The van der Waals surface area contributed by atoms with Crippen molar-refractivity contribution in [2.45, 2.75) is 71.8 Å². The van der Waals surface area contributed by atoms with Crippen molar-refractivity contribution in [1.29, 1.82) is 0 Å². The molecular formula is C17H35IN4O. The quantitative estimate of drug-likeness (QED) is 0.252. The summed E-state index contributed by atoms with van der Waals surface area (Å²) in [6.07, 6.45) is 7.75. The summed E-state index contributed by atoms with van der Waals surface area (Å²) in [5, 5.41) is 6.70. The Hall–Kier alpha value is -0.530. The molecule has 0 aromatic heterocycles. The Bertz CT molecular complexity index is 343. The molecule has 1 aliphatic heterocycles. The second kappa shape index (κ2) is 13.9. The van der Waals surface area contributed by atoms with Gasteiger partial charge in [-0.2, -0.15) is 0 Å². The van der Waals surface area contributed by atoms with Gasteiger partial charge < -0.3 is 15.5 Å². The van der Waals surface area contributed by atoms with E-state index in [2.05, 4.69) is 36.4 Å². The van der Waals surface area contributed by atoms with E-state index in [4.69, 9.17) is 0 Å². The van der Waals surface area contributed by atoms with Gasteiger partial charge in [0.1, 0.15) is 0 Å². The van der Waals surface area contributed by atoms with E-state index in [-0.39, 0.29) is 29.9 Å². The summed E-state index contributed by atoms with van der Waals surface area (Å²) in [6.45, 7) is 9.73. The summed E-state index contributed by atoms with van der Waals surface area (Å²) in [7, 11) is 0. The molecule has 1 saturated heterocycles.